The number of sulfonamides is 1. The standard InChI is InChI=1S/C13H20N2O2S/c1-11-4-3-7-15(9-11)18(16,17)10-12-5-2-6-13(14)8-12/h2,5-6,8,11H,3-4,7,9-10,14H2,1H3. The molecule has 0 bridgehead atoms. The molecule has 1 aromatic carbocycles. The van der Waals surface area contributed by atoms with Crippen LogP contribution in [0.1, 0.15) is 25.3 Å². The number of piperidine rings is 1. The summed E-state index contributed by atoms with van der Waals surface area (Å²) in [7, 11) is -3.21. The highest BCUT2D eigenvalue weighted by atomic mass is 32.2. The zero-order valence-corrected chi connectivity index (χ0v) is 11.5. The first-order valence-corrected chi connectivity index (χ1v) is 7.90. The number of nitrogens with zero attached hydrogens (tertiary/aromatic N) is 1. The van der Waals surface area contributed by atoms with Crippen LogP contribution >= 0.6 is 0 Å². The molecule has 1 unspecified atom stereocenters. The van der Waals surface area contributed by atoms with Gasteiger partial charge >= 0.3 is 0 Å². The van der Waals surface area contributed by atoms with E-state index in [1.807, 2.05) is 0 Å². The Hall–Kier alpha value is -1.07. The Labute approximate surface area is 109 Å². The van der Waals surface area contributed by atoms with Crippen LogP contribution in [0.25, 0.3) is 0 Å². The molecule has 1 fully saturated rings. The van der Waals surface area contributed by atoms with E-state index in [-0.39, 0.29) is 5.75 Å². The molecule has 5 heteroatoms. The van der Waals surface area contributed by atoms with Crippen LogP contribution in [-0.4, -0.2) is 25.8 Å². The fourth-order valence-electron chi connectivity index (χ4n) is 2.38. The minimum Gasteiger partial charge on any atom is -0.399 e. The van der Waals surface area contributed by atoms with Gasteiger partial charge in [0.25, 0.3) is 0 Å². The largest absolute Gasteiger partial charge is 0.399 e. The van der Waals surface area contributed by atoms with Crippen LogP contribution in [0.2, 0.25) is 0 Å². The number of rotatable bonds is 3. The summed E-state index contributed by atoms with van der Waals surface area (Å²) in [5.74, 6) is 0.500. The quantitative estimate of drug-likeness (QED) is 0.851. The summed E-state index contributed by atoms with van der Waals surface area (Å²) in [5, 5.41) is 0. The summed E-state index contributed by atoms with van der Waals surface area (Å²) in [4.78, 5) is 0. The molecular weight excluding hydrogens is 248 g/mol. The lowest BCUT2D eigenvalue weighted by atomic mass is 10.0. The van der Waals surface area contributed by atoms with Gasteiger partial charge in [0.1, 0.15) is 0 Å². The molecule has 100 valence electrons. The van der Waals surface area contributed by atoms with Crippen LogP contribution in [0.15, 0.2) is 24.3 Å². The van der Waals surface area contributed by atoms with Crippen LogP contribution < -0.4 is 5.73 Å². The summed E-state index contributed by atoms with van der Waals surface area (Å²) in [6.07, 6.45) is 2.07. The Morgan fingerprint density at radius 3 is 2.89 bits per heavy atom. The van der Waals surface area contributed by atoms with Crippen molar-refractivity contribution in [2.75, 3.05) is 18.8 Å². The van der Waals surface area contributed by atoms with Crippen molar-refractivity contribution in [3.63, 3.8) is 0 Å². The highest BCUT2D eigenvalue weighted by Gasteiger charge is 2.27. The SMILES string of the molecule is CC1CCCN(S(=O)(=O)Cc2cccc(N)c2)C1. The van der Waals surface area contributed by atoms with Crippen LogP contribution in [0.5, 0.6) is 0 Å². The van der Waals surface area contributed by atoms with Crippen LogP contribution in [0, 0.1) is 5.92 Å². The van der Waals surface area contributed by atoms with Gasteiger partial charge in [-0.3, -0.25) is 0 Å². The van der Waals surface area contributed by atoms with Crippen molar-refractivity contribution < 1.29 is 8.42 Å². The third kappa shape index (κ3) is 3.23. The number of hydrogen-bond acceptors (Lipinski definition) is 3. The van der Waals surface area contributed by atoms with Crippen molar-refractivity contribution in [2.24, 2.45) is 5.92 Å². The molecule has 0 aliphatic carbocycles. The highest BCUT2D eigenvalue weighted by Crippen LogP contribution is 2.21. The zero-order chi connectivity index (χ0) is 13.2. The molecule has 18 heavy (non-hydrogen) atoms. The molecule has 1 atom stereocenters. The highest BCUT2D eigenvalue weighted by molar-refractivity contribution is 7.88. The van der Waals surface area contributed by atoms with Gasteiger partial charge in [0, 0.05) is 18.8 Å². The molecule has 0 spiro atoms. The maximum atomic E-state index is 12.3. The third-order valence-corrected chi connectivity index (χ3v) is 5.13. The molecule has 1 aromatic rings. The Morgan fingerprint density at radius 2 is 2.22 bits per heavy atom. The van der Waals surface area contributed by atoms with Crippen LogP contribution in [0.3, 0.4) is 0 Å². The lowest BCUT2D eigenvalue weighted by molar-refractivity contribution is 0.281. The average Bonchev–Trinajstić information content (AvgIpc) is 2.28. The van der Waals surface area contributed by atoms with Crippen LogP contribution in [-0.2, 0) is 15.8 Å². The van der Waals surface area contributed by atoms with E-state index in [1.54, 1.807) is 28.6 Å². The lowest BCUT2D eigenvalue weighted by Gasteiger charge is -2.30. The molecule has 1 heterocycles. The molecule has 4 nitrogen and oxygen atoms in total. The van der Waals surface area contributed by atoms with Crippen LogP contribution in [0.4, 0.5) is 5.69 Å². The van der Waals surface area contributed by atoms with E-state index in [1.165, 1.54) is 0 Å². The van der Waals surface area contributed by atoms with Gasteiger partial charge in [-0.25, -0.2) is 12.7 Å². The fourth-order valence-corrected chi connectivity index (χ4v) is 4.06. The van der Waals surface area contributed by atoms with E-state index in [2.05, 4.69) is 6.92 Å². The zero-order valence-electron chi connectivity index (χ0n) is 10.7. The summed E-state index contributed by atoms with van der Waals surface area (Å²) in [6, 6.07) is 7.09. The molecule has 2 rings (SSSR count). The second kappa shape index (κ2) is 5.28. The first-order chi connectivity index (χ1) is 8.47. The van der Waals surface area contributed by atoms with E-state index in [4.69, 9.17) is 5.73 Å². The molecule has 1 aliphatic heterocycles. The molecule has 2 N–H and O–H groups in total. The first kappa shape index (κ1) is 13.4. The Morgan fingerprint density at radius 1 is 1.44 bits per heavy atom. The number of anilines is 1. The van der Waals surface area contributed by atoms with Gasteiger partial charge in [0.2, 0.25) is 10.0 Å². The predicted molar refractivity (Wildman–Crippen MR) is 73.4 cm³/mol. The maximum absolute atomic E-state index is 12.3. The summed E-state index contributed by atoms with van der Waals surface area (Å²) in [6.45, 7) is 3.39. The number of nitrogen functional groups attached to an aromatic ring is 1. The van der Waals surface area contributed by atoms with Gasteiger partial charge in [-0.15, -0.1) is 0 Å². The van der Waals surface area contributed by atoms with Crippen molar-refractivity contribution in [1.29, 1.82) is 0 Å². The molecule has 1 aliphatic rings. The van der Waals surface area contributed by atoms with E-state index in [9.17, 15) is 8.42 Å². The molecule has 0 saturated carbocycles. The summed E-state index contributed by atoms with van der Waals surface area (Å²) < 4.78 is 26.2. The van der Waals surface area contributed by atoms with Gasteiger partial charge in [-0.05, 0) is 36.5 Å². The second-order valence-electron chi connectivity index (χ2n) is 5.11. The van der Waals surface area contributed by atoms with E-state index < -0.39 is 10.0 Å². The monoisotopic (exact) mass is 268 g/mol. The van der Waals surface area contributed by atoms with Crippen molar-refractivity contribution in [3.05, 3.63) is 29.8 Å². The van der Waals surface area contributed by atoms with Gasteiger partial charge in [-0.2, -0.15) is 0 Å². The molecular formula is C13H20N2O2S. The minimum absolute atomic E-state index is 0.0464. The van der Waals surface area contributed by atoms with Crippen molar-refractivity contribution in [3.8, 4) is 0 Å². The van der Waals surface area contributed by atoms with E-state index >= 15 is 0 Å². The minimum atomic E-state index is -3.21. The van der Waals surface area contributed by atoms with E-state index in [0.29, 0.717) is 24.7 Å². The first-order valence-electron chi connectivity index (χ1n) is 6.29. The molecule has 0 aromatic heterocycles. The van der Waals surface area contributed by atoms with Gasteiger partial charge in [0.15, 0.2) is 0 Å². The number of nitrogens with two attached hydrogens (primary N) is 1. The fraction of sp³-hybridized carbons (Fsp3) is 0.538. The number of hydrogen-bond donors (Lipinski definition) is 1. The average molecular weight is 268 g/mol. The van der Waals surface area contributed by atoms with Crippen molar-refractivity contribution >= 4 is 15.7 Å². The third-order valence-electron chi connectivity index (χ3n) is 3.31. The topological polar surface area (TPSA) is 63.4 Å². The smallest absolute Gasteiger partial charge is 0.218 e. The Bertz CT molecular complexity index is 513. The Balaban J connectivity index is 2.11. The number of benzene rings is 1. The van der Waals surface area contributed by atoms with Gasteiger partial charge < -0.3 is 5.73 Å². The lowest BCUT2D eigenvalue weighted by Crippen LogP contribution is -2.39. The van der Waals surface area contributed by atoms with Crippen molar-refractivity contribution in [2.45, 2.75) is 25.5 Å². The maximum Gasteiger partial charge on any atom is 0.218 e. The second-order valence-corrected chi connectivity index (χ2v) is 7.08. The summed E-state index contributed by atoms with van der Waals surface area (Å²) >= 11 is 0. The Kier molecular flexibility index (Phi) is 3.92. The molecule has 0 amide bonds. The van der Waals surface area contributed by atoms with E-state index in [0.717, 1.165) is 18.4 Å². The normalized spacial score (nSPS) is 21.9. The summed E-state index contributed by atoms with van der Waals surface area (Å²) in [5.41, 5.74) is 7.03. The predicted octanol–water partition coefficient (Wildman–Crippen LogP) is 1.83. The van der Waals surface area contributed by atoms with Crippen molar-refractivity contribution in [1.82, 2.24) is 4.31 Å². The van der Waals surface area contributed by atoms with Gasteiger partial charge in [0.05, 0.1) is 5.75 Å². The molecule has 0 radical (unpaired) electrons. The molecule has 1 saturated heterocycles. The van der Waals surface area contributed by atoms with Gasteiger partial charge in [-0.1, -0.05) is 19.1 Å².